The van der Waals surface area contributed by atoms with Gasteiger partial charge in [-0.3, -0.25) is 9.69 Å². The molecule has 0 saturated carbocycles. The molecule has 0 amide bonds. The minimum absolute atomic E-state index is 0.212. The molecule has 0 spiro atoms. The van der Waals surface area contributed by atoms with Gasteiger partial charge in [-0.1, -0.05) is 13.3 Å². The van der Waals surface area contributed by atoms with Crippen LogP contribution in [0.25, 0.3) is 0 Å². The fourth-order valence-corrected chi connectivity index (χ4v) is 2.06. The molecule has 94 valence electrons. The molecule has 1 heterocycles. The quantitative estimate of drug-likeness (QED) is 0.656. The number of methoxy groups -OCH3 is 2. The van der Waals surface area contributed by atoms with E-state index in [1.807, 2.05) is 6.92 Å². The molecule has 0 aromatic rings. The van der Waals surface area contributed by atoms with Gasteiger partial charge in [-0.25, -0.2) is 0 Å². The van der Waals surface area contributed by atoms with Gasteiger partial charge < -0.3 is 14.6 Å². The Morgan fingerprint density at radius 3 is 2.38 bits per heavy atom. The van der Waals surface area contributed by atoms with Crippen LogP contribution in [0.15, 0.2) is 0 Å². The van der Waals surface area contributed by atoms with Crippen molar-refractivity contribution in [1.82, 2.24) is 4.90 Å². The SMILES string of the molecule is CCC(CC(=O)O)CN1CC(OC)(OC)C1. The van der Waals surface area contributed by atoms with Crippen molar-refractivity contribution in [3.8, 4) is 0 Å². The lowest BCUT2D eigenvalue weighted by Gasteiger charge is -2.48. The first-order valence-corrected chi connectivity index (χ1v) is 5.59. The van der Waals surface area contributed by atoms with E-state index >= 15 is 0 Å². The summed E-state index contributed by atoms with van der Waals surface area (Å²) in [6, 6.07) is 0. The maximum absolute atomic E-state index is 10.6. The van der Waals surface area contributed by atoms with Gasteiger partial charge in [0.1, 0.15) is 0 Å². The second-order valence-electron chi connectivity index (χ2n) is 4.36. The van der Waals surface area contributed by atoms with Crippen LogP contribution in [0.3, 0.4) is 0 Å². The second-order valence-corrected chi connectivity index (χ2v) is 4.36. The van der Waals surface area contributed by atoms with Crippen LogP contribution < -0.4 is 0 Å². The molecular formula is C11H21NO4. The number of carboxylic acid groups (broad SMARTS) is 1. The van der Waals surface area contributed by atoms with Gasteiger partial charge in [-0.2, -0.15) is 0 Å². The molecule has 5 heteroatoms. The standard InChI is InChI=1S/C11H21NO4/c1-4-9(5-10(13)14)6-12-7-11(8-12,15-2)16-3/h9H,4-8H2,1-3H3,(H,13,14). The highest BCUT2D eigenvalue weighted by Crippen LogP contribution is 2.27. The maximum atomic E-state index is 10.6. The Morgan fingerprint density at radius 1 is 1.44 bits per heavy atom. The van der Waals surface area contributed by atoms with E-state index in [1.54, 1.807) is 14.2 Å². The summed E-state index contributed by atoms with van der Waals surface area (Å²) in [5.74, 6) is -0.983. The summed E-state index contributed by atoms with van der Waals surface area (Å²) in [5.41, 5.74) is 0. The Morgan fingerprint density at radius 2 is 2.00 bits per heavy atom. The lowest BCUT2D eigenvalue weighted by molar-refractivity contribution is -0.276. The highest BCUT2D eigenvalue weighted by Gasteiger charge is 2.44. The largest absolute Gasteiger partial charge is 0.481 e. The van der Waals surface area contributed by atoms with Gasteiger partial charge in [0, 0.05) is 27.2 Å². The van der Waals surface area contributed by atoms with Crippen molar-refractivity contribution in [3.63, 3.8) is 0 Å². The first kappa shape index (κ1) is 13.4. The van der Waals surface area contributed by atoms with Gasteiger partial charge in [0.25, 0.3) is 0 Å². The average molecular weight is 231 g/mol. The minimum atomic E-state index is -0.725. The number of ether oxygens (including phenoxy) is 2. The monoisotopic (exact) mass is 231 g/mol. The second kappa shape index (κ2) is 5.61. The van der Waals surface area contributed by atoms with Crippen molar-refractivity contribution >= 4 is 5.97 Å². The molecule has 5 nitrogen and oxygen atoms in total. The van der Waals surface area contributed by atoms with Gasteiger partial charge in [0.2, 0.25) is 0 Å². The molecule has 1 unspecified atom stereocenters. The van der Waals surface area contributed by atoms with Crippen molar-refractivity contribution < 1.29 is 19.4 Å². The molecule has 1 aliphatic rings. The Kier molecular flexibility index (Phi) is 4.70. The fraction of sp³-hybridized carbons (Fsp3) is 0.909. The normalized spacial score (nSPS) is 21.4. The first-order valence-electron chi connectivity index (χ1n) is 5.59. The van der Waals surface area contributed by atoms with E-state index in [-0.39, 0.29) is 12.3 Å². The molecule has 0 aliphatic carbocycles. The number of rotatable bonds is 7. The molecule has 0 aromatic heterocycles. The summed E-state index contributed by atoms with van der Waals surface area (Å²) in [7, 11) is 3.27. The average Bonchev–Trinajstić information content (AvgIpc) is 2.20. The van der Waals surface area contributed by atoms with E-state index in [0.29, 0.717) is 0 Å². The summed E-state index contributed by atoms with van der Waals surface area (Å²) in [4.78, 5) is 12.8. The number of likely N-dealkylation sites (tertiary alicyclic amines) is 1. The summed E-state index contributed by atoms with van der Waals surface area (Å²) in [5, 5.41) is 8.75. The van der Waals surface area contributed by atoms with Crippen LogP contribution in [0.4, 0.5) is 0 Å². The van der Waals surface area contributed by atoms with Crippen LogP contribution in [0, 0.1) is 5.92 Å². The Hall–Kier alpha value is -0.650. The topological polar surface area (TPSA) is 59.0 Å². The third-order valence-corrected chi connectivity index (χ3v) is 3.23. The van der Waals surface area contributed by atoms with Crippen LogP contribution in [0.2, 0.25) is 0 Å². The number of carbonyl (C=O) groups is 1. The molecule has 1 fully saturated rings. The highest BCUT2D eigenvalue weighted by atomic mass is 16.7. The summed E-state index contributed by atoms with van der Waals surface area (Å²) >= 11 is 0. The van der Waals surface area contributed by atoms with Crippen molar-refractivity contribution in [2.24, 2.45) is 5.92 Å². The van der Waals surface area contributed by atoms with Crippen molar-refractivity contribution in [3.05, 3.63) is 0 Å². The molecule has 0 bridgehead atoms. The summed E-state index contributed by atoms with van der Waals surface area (Å²) in [6.45, 7) is 4.26. The smallest absolute Gasteiger partial charge is 0.303 e. The first-order chi connectivity index (χ1) is 7.55. The van der Waals surface area contributed by atoms with E-state index in [9.17, 15) is 4.79 Å². The maximum Gasteiger partial charge on any atom is 0.303 e. The molecular weight excluding hydrogens is 210 g/mol. The number of nitrogens with zero attached hydrogens (tertiary/aromatic N) is 1. The van der Waals surface area contributed by atoms with Gasteiger partial charge in [0.05, 0.1) is 13.1 Å². The minimum Gasteiger partial charge on any atom is -0.481 e. The number of carboxylic acids is 1. The fourth-order valence-electron chi connectivity index (χ4n) is 2.06. The van der Waals surface area contributed by atoms with E-state index in [1.165, 1.54) is 0 Å². The predicted molar refractivity (Wildman–Crippen MR) is 59.2 cm³/mol. The Bertz CT molecular complexity index is 232. The third-order valence-electron chi connectivity index (χ3n) is 3.23. The van der Waals surface area contributed by atoms with Crippen LogP contribution in [-0.4, -0.2) is 55.6 Å². The number of hydrogen-bond acceptors (Lipinski definition) is 4. The van der Waals surface area contributed by atoms with Crippen molar-refractivity contribution in [2.75, 3.05) is 33.9 Å². The molecule has 1 saturated heterocycles. The van der Waals surface area contributed by atoms with Gasteiger partial charge in [0.15, 0.2) is 5.79 Å². The lowest BCUT2D eigenvalue weighted by Crippen LogP contribution is -2.64. The predicted octanol–water partition coefficient (Wildman–Crippen LogP) is 0.792. The van der Waals surface area contributed by atoms with Gasteiger partial charge in [-0.15, -0.1) is 0 Å². The number of aliphatic carboxylic acids is 1. The van der Waals surface area contributed by atoms with Crippen molar-refractivity contribution in [2.45, 2.75) is 25.6 Å². The Labute approximate surface area is 96.3 Å². The summed E-state index contributed by atoms with van der Waals surface area (Å²) < 4.78 is 10.5. The van der Waals surface area contributed by atoms with E-state index in [2.05, 4.69) is 4.90 Å². The zero-order valence-electron chi connectivity index (χ0n) is 10.2. The van der Waals surface area contributed by atoms with Crippen LogP contribution in [-0.2, 0) is 14.3 Å². The molecule has 16 heavy (non-hydrogen) atoms. The van der Waals surface area contributed by atoms with Gasteiger partial charge in [-0.05, 0) is 5.92 Å². The Balaban J connectivity index is 2.32. The van der Waals surface area contributed by atoms with E-state index < -0.39 is 11.8 Å². The van der Waals surface area contributed by atoms with Crippen LogP contribution in [0.5, 0.6) is 0 Å². The lowest BCUT2D eigenvalue weighted by atomic mass is 9.98. The summed E-state index contributed by atoms with van der Waals surface area (Å²) in [6.07, 6.45) is 1.12. The zero-order chi connectivity index (χ0) is 12.2. The highest BCUT2D eigenvalue weighted by molar-refractivity contribution is 5.67. The molecule has 0 radical (unpaired) electrons. The third kappa shape index (κ3) is 3.17. The van der Waals surface area contributed by atoms with Gasteiger partial charge >= 0.3 is 5.97 Å². The van der Waals surface area contributed by atoms with Crippen LogP contribution in [0.1, 0.15) is 19.8 Å². The molecule has 1 rings (SSSR count). The molecule has 1 atom stereocenters. The molecule has 0 aromatic carbocycles. The van der Waals surface area contributed by atoms with E-state index in [0.717, 1.165) is 26.1 Å². The molecule has 1 N–H and O–H groups in total. The number of hydrogen-bond donors (Lipinski definition) is 1. The zero-order valence-corrected chi connectivity index (χ0v) is 10.2. The van der Waals surface area contributed by atoms with Crippen LogP contribution >= 0.6 is 0 Å². The van der Waals surface area contributed by atoms with E-state index in [4.69, 9.17) is 14.6 Å². The van der Waals surface area contributed by atoms with Crippen molar-refractivity contribution in [1.29, 1.82) is 0 Å². The molecule has 1 aliphatic heterocycles.